The Kier molecular flexibility index (Phi) is 10.8. The third-order valence-corrected chi connectivity index (χ3v) is 3.64. The summed E-state index contributed by atoms with van der Waals surface area (Å²) in [6.45, 7) is 11.6. The summed E-state index contributed by atoms with van der Waals surface area (Å²) in [6, 6.07) is -1.49. The molecule has 140 valence electrons. The van der Waals surface area contributed by atoms with E-state index in [9.17, 15) is 14.4 Å². The highest BCUT2D eigenvalue weighted by Crippen LogP contribution is 2.11. The van der Waals surface area contributed by atoms with Crippen molar-refractivity contribution in [2.75, 3.05) is 13.2 Å². The molecular formula is C17H32N2O5. The second-order valence-corrected chi connectivity index (χ2v) is 6.17. The first-order valence-corrected chi connectivity index (χ1v) is 8.66. The van der Waals surface area contributed by atoms with Crippen LogP contribution in [0.1, 0.15) is 54.4 Å². The molecule has 7 heteroatoms. The van der Waals surface area contributed by atoms with Crippen molar-refractivity contribution in [2.45, 2.75) is 66.5 Å². The molecule has 0 saturated heterocycles. The predicted octanol–water partition coefficient (Wildman–Crippen LogP) is 2.24. The van der Waals surface area contributed by atoms with Crippen molar-refractivity contribution in [3.63, 3.8) is 0 Å². The average molecular weight is 344 g/mol. The van der Waals surface area contributed by atoms with Crippen LogP contribution >= 0.6 is 0 Å². The lowest BCUT2D eigenvalue weighted by Crippen LogP contribution is -2.54. The summed E-state index contributed by atoms with van der Waals surface area (Å²) in [5.74, 6) is -0.759. The van der Waals surface area contributed by atoms with Crippen molar-refractivity contribution < 1.29 is 23.9 Å². The molecule has 0 aliphatic rings. The fourth-order valence-corrected chi connectivity index (χ4v) is 2.19. The number of hydrogen-bond donors (Lipinski definition) is 2. The zero-order valence-electron chi connectivity index (χ0n) is 15.7. The highest BCUT2D eigenvalue weighted by Gasteiger charge is 2.31. The zero-order chi connectivity index (χ0) is 18.7. The van der Waals surface area contributed by atoms with Gasteiger partial charge in [0.15, 0.2) is 0 Å². The molecule has 0 aromatic heterocycles. The second-order valence-electron chi connectivity index (χ2n) is 6.17. The Bertz CT molecular complexity index is 412. The van der Waals surface area contributed by atoms with Crippen LogP contribution in [0.15, 0.2) is 0 Å². The number of amides is 2. The minimum absolute atomic E-state index is 0.101. The number of nitrogens with one attached hydrogen (secondary N) is 2. The maximum atomic E-state index is 12.6. The fraction of sp³-hybridized carbons (Fsp3) is 0.824. The normalized spacial score (nSPS) is 14.5. The number of ether oxygens (including phenoxy) is 2. The van der Waals surface area contributed by atoms with Crippen LogP contribution in [0.2, 0.25) is 0 Å². The van der Waals surface area contributed by atoms with Gasteiger partial charge in [-0.3, -0.25) is 4.79 Å². The van der Waals surface area contributed by atoms with Gasteiger partial charge in [-0.15, -0.1) is 0 Å². The van der Waals surface area contributed by atoms with Gasteiger partial charge < -0.3 is 20.1 Å². The first-order chi connectivity index (χ1) is 11.3. The van der Waals surface area contributed by atoms with Gasteiger partial charge in [-0.1, -0.05) is 34.1 Å². The van der Waals surface area contributed by atoms with Gasteiger partial charge in [0, 0.05) is 0 Å². The van der Waals surface area contributed by atoms with Crippen molar-refractivity contribution in [3.05, 3.63) is 0 Å². The Morgan fingerprint density at radius 2 is 1.50 bits per heavy atom. The van der Waals surface area contributed by atoms with Gasteiger partial charge in [-0.25, -0.2) is 9.59 Å². The van der Waals surface area contributed by atoms with Crippen molar-refractivity contribution >= 4 is 18.0 Å². The highest BCUT2D eigenvalue weighted by atomic mass is 16.5. The third-order valence-electron chi connectivity index (χ3n) is 3.64. The molecule has 2 N–H and O–H groups in total. The van der Waals surface area contributed by atoms with Crippen LogP contribution in [0.3, 0.4) is 0 Å². The molecule has 0 heterocycles. The van der Waals surface area contributed by atoms with Gasteiger partial charge in [0.2, 0.25) is 5.91 Å². The smallest absolute Gasteiger partial charge is 0.407 e. The average Bonchev–Trinajstić information content (AvgIpc) is 2.51. The molecule has 2 amide bonds. The minimum atomic E-state index is -0.766. The zero-order valence-corrected chi connectivity index (χ0v) is 15.7. The summed E-state index contributed by atoms with van der Waals surface area (Å²) in [6.07, 6.45) is 0.519. The van der Waals surface area contributed by atoms with Crippen LogP contribution in [0.5, 0.6) is 0 Å². The molecule has 0 aliphatic carbocycles. The van der Waals surface area contributed by atoms with Gasteiger partial charge >= 0.3 is 12.1 Å². The maximum absolute atomic E-state index is 12.6. The Labute approximate surface area is 144 Å². The Morgan fingerprint density at radius 1 is 0.917 bits per heavy atom. The van der Waals surface area contributed by atoms with E-state index >= 15 is 0 Å². The summed E-state index contributed by atoms with van der Waals surface area (Å²) in [4.78, 5) is 36.3. The Balaban J connectivity index is 5.07. The Hall–Kier alpha value is -1.79. The summed E-state index contributed by atoms with van der Waals surface area (Å²) in [7, 11) is 0. The van der Waals surface area contributed by atoms with Crippen molar-refractivity contribution in [1.82, 2.24) is 10.6 Å². The van der Waals surface area contributed by atoms with Crippen LogP contribution in [0, 0.1) is 11.8 Å². The molecule has 3 unspecified atom stereocenters. The third kappa shape index (κ3) is 8.17. The van der Waals surface area contributed by atoms with Gasteiger partial charge in [-0.2, -0.15) is 0 Å². The lowest BCUT2D eigenvalue weighted by Gasteiger charge is -2.26. The van der Waals surface area contributed by atoms with E-state index in [0.717, 1.165) is 0 Å². The standard InChI is InChI=1S/C17H32N2O5/c1-7-12(6)14(19-17(22)24-9-3)15(20)18-13(10-11(4)5)16(21)23-8-2/h11-14H,7-10H2,1-6H3,(H,18,20)(H,19,22). The number of hydrogen-bond acceptors (Lipinski definition) is 5. The molecule has 0 fully saturated rings. The summed E-state index contributed by atoms with van der Waals surface area (Å²) in [5.41, 5.74) is 0. The van der Waals surface area contributed by atoms with E-state index in [-0.39, 0.29) is 25.0 Å². The van der Waals surface area contributed by atoms with Crippen LogP contribution in [0.25, 0.3) is 0 Å². The maximum Gasteiger partial charge on any atom is 0.407 e. The second kappa shape index (κ2) is 11.7. The van der Waals surface area contributed by atoms with Gasteiger partial charge in [0.05, 0.1) is 13.2 Å². The molecule has 3 atom stereocenters. The lowest BCUT2D eigenvalue weighted by atomic mass is 9.97. The number of esters is 1. The largest absolute Gasteiger partial charge is 0.464 e. The van der Waals surface area contributed by atoms with E-state index in [1.807, 2.05) is 27.7 Å². The molecular weight excluding hydrogens is 312 g/mol. The van der Waals surface area contributed by atoms with Crippen LogP contribution in [-0.4, -0.2) is 43.3 Å². The summed E-state index contributed by atoms with van der Waals surface area (Å²) >= 11 is 0. The van der Waals surface area contributed by atoms with Crippen LogP contribution < -0.4 is 10.6 Å². The van der Waals surface area contributed by atoms with E-state index in [1.165, 1.54) is 0 Å². The van der Waals surface area contributed by atoms with Gasteiger partial charge in [0.1, 0.15) is 12.1 Å². The van der Waals surface area contributed by atoms with Crippen molar-refractivity contribution in [1.29, 1.82) is 0 Å². The van der Waals surface area contributed by atoms with Crippen molar-refractivity contribution in [3.8, 4) is 0 Å². The molecule has 0 aromatic rings. The molecule has 0 spiro atoms. The van der Waals surface area contributed by atoms with E-state index in [0.29, 0.717) is 12.8 Å². The molecule has 24 heavy (non-hydrogen) atoms. The first-order valence-electron chi connectivity index (χ1n) is 8.66. The highest BCUT2D eigenvalue weighted by molar-refractivity contribution is 5.89. The quantitative estimate of drug-likeness (QED) is 0.593. The van der Waals surface area contributed by atoms with Gasteiger partial charge in [-0.05, 0) is 32.1 Å². The van der Waals surface area contributed by atoms with E-state index in [4.69, 9.17) is 9.47 Å². The molecule has 0 rings (SSSR count). The molecule has 0 bridgehead atoms. The summed E-state index contributed by atoms with van der Waals surface area (Å²) in [5, 5.41) is 5.28. The van der Waals surface area contributed by atoms with E-state index in [1.54, 1.807) is 13.8 Å². The summed E-state index contributed by atoms with van der Waals surface area (Å²) < 4.78 is 9.88. The molecule has 0 aliphatic heterocycles. The minimum Gasteiger partial charge on any atom is -0.464 e. The van der Waals surface area contributed by atoms with E-state index < -0.39 is 30.1 Å². The van der Waals surface area contributed by atoms with Gasteiger partial charge in [0.25, 0.3) is 0 Å². The molecule has 0 radical (unpaired) electrons. The SMILES string of the molecule is CCOC(=O)NC(C(=O)NC(CC(C)C)C(=O)OCC)C(C)CC. The number of carbonyl (C=O) groups excluding carboxylic acids is 3. The number of rotatable bonds is 10. The van der Waals surface area contributed by atoms with Crippen LogP contribution in [-0.2, 0) is 19.1 Å². The molecule has 0 aromatic carbocycles. The van der Waals surface area contributed by atoms with Crippen molar-refractivity contribution in [2.24, 2.45) is 11.8 Å². The monoisotopic (exact) mass is 344 g/mol. The molecule has 7 nitrogen and oxygen atoms in total. The fourth-order valence-electron chi connectivity index (χ4n) is 2.19. The molecule has 0 saturated carbocycles. The number of carbonyl (C=O) groups is 3. The Morgan fingerprint density at radius 3 is 1.96 bits per heavy atom. The van der Waals surface area contributed by atoms with Crippen LogP contribution in [0.4, 0.5) is 4.79 Å². The van der Waals surface area contributed by atoms with E-state index in [2.05, 4.69) is 10.6 Å². The lowest BCUT2D eigenvalue weighted by molar-refractivity contribution is -0.148. The first kappa shape index (κ1) is 22.2. The topological polar surface area (TPSA) is 93.7 Å². The number of alkyl carbamates (subject to hydrolysis) is 1. The predicted molar refractivity (Wildman–Crippen MR) is 91.4 cm³/mol.